The van der Waals surface area contributed by atoms with Crippen LogP contribution < -0.4 is 0 Å². The van der Waals surface area contributed by atoms with E-state index in [0.29, 0.717) is 0 Å². The van der Waals surface area contributed by atoms with Crippen molar-refractivity contribution in [3.63, 3.8) is 0 Å². The van der Waals surface area contributed by atoms with Gasteiger partial charge in [-0.05, 0) is 0 Å². The highest BCUT2D eigenvalue weighted by atomic mass is 14.8. The predicted molar refractivity (Wildman–Crippen MR) is 41.9 cm³/mol. The largest absolute Gasteiger partial charge is 0.244 e. The van der Waals surface area contributed by atoms with Gasteiger partial charge in [0.25, 0.3) is 0 Å². The Hall–Kier alpha value is -1.84. The van der Waals surface area contributed by atoms with E-state index in [-0.39, 0.29) is 0 Å². The molecule has 0 N–H and O–H groups in total. The fourth-order valence-electron chi connectivity index (χ4n) is 0.861. The molecule has 4 heteroatoms. The molecule has 0 atom stereocenters. The molecule has 0 bridgehead atoms. The molecule has 0 saturated heterocycles. The van der Waals surface area contributed by atoms with Crippen LogP contribution in [0.1, 0.15) is 0 Å². The van der Waals surface area contributed by atoms with E-state index in [1.807, 2.05) is 0 Å². The van der Waals surface area contributed by atoms with Crippen molar-refractivity contribution in [2.45, 2.75) is 0 Å². The fourth-order valence-corrected chi connectivity index (χ4v) is 0.861. The third kappa shape index (κ3) is 1.27. The van der Waals surface area contributed by atoms with Gasteiger partial charge in [-0.1, -0.05) is 0 Å². The summed E-state index contributed by atoms with van der Waals surface area (Å²) in [6.45, 7) is 0. The average molecular weight is 157 g/mol. The van der Waals surface area contributed by atoms with Crippen molar-refractivity contribution < 1.29 is 0 Å². The molecule has 0 aliphatic carbocycles. The average Bonchev–Trinajstić information content (AvgIpc) is 2.21. The second-order valence-electron chi connectivity index (χ2n) is 2.20. The Bertz CT molecular complexity index is 308. The molecule has 0 saturated carbocycles. The van der Waals surface area contributed by atoms with E-state index >= 15 is 0 Å². The molecule has 4 nitrogen and oxygen atoms in total. The van der Waals surface area contributed by atoms with E-state index in [2.05, 4.69) is 26.3 Å². The van der Waals surface area contributed by atoms with Crippen molar-refractivity contribution in [2.75, 3.05) is 0 Å². The molecule has 0 amide bonds. The topological polar surface area (TPSA) is 51.6 Å². The molecule has 2 aromatic rings. The number of hydrogen-bond acceptors (Lipinski definition) is 4. The van der Waals surface area contributed by atoms with Gasteiger partial charge in [0, 0.05) is 35.9 Å². The zero-order valence-corrected chi connectivity index (χ0v) is 6.18. The maximum Gasteiger partial charge on any atom is 0.197 e. The number of nitrogens with zero attached hydrogens (tertiary/aromatic N) is 4. The summed E-state index contributed by atoms with van der Waals surface area (Å²) in [4.78, 5) is 15.3. The van der Waals surface area contributed by atoms with Gasteiger partial charge in [0.1, 0.15) is 6.33 Å². The van der Waals surface area contributed by atoms with Crippen molar-refractivity contribution >= 4 is 0 Å². The lowest BCUT2D eigenvalue weighted by Crippen LogP contribution is -1.84. The first kappa shape index (κ1) is 6.84. The van der Waals surface area contributed by atoms with Crippen LogP contribution in [0.25, 0.3) is 11.1 Å². The summed E-state index contributed by atoms with van der Waals surface area (Å²) < 4.78 is 0. The molecule has 2 aromatic heterocycles. The minimum absolute atomic E-state index is 0.898. The zero-order valence-electron chi connectivity index (χ0n) is 6.18. The molecular formula is C8H5N4. The summed E-state index contributed by atoms with van der Waals surface area (Å²) in [6, 6.07) is 0. The zero-order chi connectivity index (χ0) is 8.23. The van der Waals surface area contributed by atoms with Crippen molar-refractivity contribution in [3.8, 4) is 11.1 Å². The molecule has 0 aromatic carbocycles. The SMILES string of the molecule is [c]1ncc(-c2cncnc2)cn1. The van der Waals surface area contributed by atoms with Gasteiger partial charge in [0.05, 0.1) is 0 Å². The second-order valence-corrected chi connectivity index (χ2v) is 2.20. The first-order valence-corrected chi connectivity index (χ1v) is 3.40. The standard InChI is InChI=1S/C8H5N4/c1-7(2-10-5-9-1)8-3-11-6-12-4-8/h1-5H. The van der Waals surface area contributed by atoms with Gasteiger partial charge in [-0.25, -0.2) is 19.9 Å². The normalized spacial score (nSPS) is 9.67. The summed E-state index contributed by atoms with van der Waals surface area (Å²) in [6.07, 6.45) is 10.7. The minimum Gasteiger partial charge on any atom is -0.244 e. The summed E-state index contributed by atoms with van der Waals surface area (Å²) in [5.74, 6) is 0. The maximum atomic E-state index is 3.88. The summed E-state index contributed by atoms with van der Waals surface area (Å²) >= 11 is 0. The molecule has 0 aliphatic heterocycles. The van der Waals surface area contributed by atoms with Gasteiger partial charge in [0.2, 0.25) is 0 Å². The van der Waals surface area contributed by atoms with Gasteiger partial charge >= 0.3 is 0 Å². The molecule has 2 rings (SSSR count). The van der Waals surface area contributed by atoms with Crippen LogP contribution in [0.4, 0.5) is 0 Å². The highest BCUT2D eigenvalue weighted by Crippen LogP contribution is 2.12. The molecule has 2 heterocycles. The van der Waals surface area contributed by atoms with Crippen LogP contribution >= 0.6 is 0 Å². The van der Waals surface area contributed by atoms with Gasteiger partial charge in [-0.15, -0.1) is 0 Å². The van der Waals surface area contributed by atoms with Crippen LogP contribution in [0.3, 0.4) is 0 Å². The van der Waals surface area contributed by atoms with Gasteiger partial charge in [-0.3, -0.25) is 0 Å². The number of rotatable bonds is 1. The van der Waals surface area contributed by atoms with Crippen LogP contribution in [-0.2, 0) is 0 Å². The number of hydrogen-bond donors (Lipinski definition) is 0. The Kier molecular flexibility index (Phi) is 1.74. The molecular weight excluding hydrogens is 152 g/mol. The number of aromatic nitrogens is 4. The molecule has 1 radical (unpaired) electrons. The fraction of sp³-hybridized carbons (Fsp3) is 0. The van der Waals surface area contributed by atoms with Gasteiger partial charge in [-0.2, -0.15) is 0 Å². The molecule has 57 valence electrons. The molecule has 0 fully saturated rings. The van der Waals surface area contributed by atoms with E-state index in [1.54, 1.807) is 24.8 Å². The predicted octanol–water partition coefficient (Wildman–Crippen LogP) is 0.734. The molecule has 0 spiro atoms. The first-order valence-electron chi connectivity index (χ1n) is 3.40. The Labute approximate surface area is 69.4 Å². The second kappa shape index (κ2) is 3.04. The highest BCUT2D eigenvalue weighted by Gasteiger charge is 1.95. The first-order chi connectivity index (χ1) is 5.97. The maximum absolute atomic E-state index is 3.88. The van der Waals surface area contributed by atoms with Crippen LogP contribution in [0, 0.1) is 6.33 Å². The van der Waals surface area contributed by atoms with Gasteiger partial charge in [0.15, 0.2) is 6.33 Å². The third-order valence-electron chi connectivity index (χ3n) is 1.42. The van der Waals surface area contributed by atoms with Crippen LogP contribution in [0.2, 0.25) is 0 Å². The van der Waals surface area contributed by atoms with E-state index in [9.17, 15) is 0 Å². The lowest BCUT2D eigenvalue weighted by Gasteiger charge is -1.95. The smallest absolute Gasteiger partial charge is 0.197 e. The Balaban J connectivity index is 2.46. The van der Waals surface area contributed by atoms with E-state index in [4.69, 9.17) is 0 Å². The van der Waals surface area contributed by atoms with Crippen molar-refractivity contribution in [2.24, 2.45) is 0 Å². The third-order valence-corrected chi connectivity index (χ3v) is 1.42. The molecule has 12 heavy (non-hydrogen) atoms. The summed E-state index contributed by atoms with van der Waals surface area (Å²) in [5, 5.41) is 0. The Morgan fingerprint density at radius 2 is 1.42 bits per heavy atom. The molecule has 0 unspecified atom stereocenters. The van der Waals surface area contributed by atoms with Crippen molar-refractivity contribution in [3.05, 3.63) is 37.4 Å². The minimum atomic E-state index is 0.898. The Morgan fingerprint density at radius 3 is 2.08 bits per heavy atom. The molecule has 0 aliphatic rings. The van der Waals surface area contributed by atoms with E-state index in [1.165, 1.54) is 6.33 Å². The van der Waals surface area contributed by atoms with Crippen LogP contribution in [0.5, 0.6) is 0 Å². The Morgan fingerprint density at radius 1 is 0.833 bits per heavy atom. The van der Waals surface area contributed by atoms with Gasteiger partial charge < -0.3 is 0 Å². The van der Waals surface area contributed by atoms with Crippen LogP contribution in [-0.4, -0.2) is 19.9 Å². The summed E-state index contributed by atoms with van der Waals surface area (Å²) in [7, 11) is 0. The summed E-state index contributed by atoms with van der Waals surface area (Å²) in [5.41, 5.74) is 1.81. The monoisotopic (exact) mass is 157 g/mol. The van der Waals surface area contributed by atoms with Crippen LogP contribution in [0.15, 0.2) is 31.1 Å². The quantitative estimate of drug-likeness (QED) is 0.612. The highest BCUT2D eigenvalue weighted by molar-refractivity contribution is 5.58. The van der Waals surface area contributed by atoms with E-state index in [0.717, 1.165) is 11.1 Å². The van der Waals surface area contributed by atoms with E-state index < -0.39 is 0 Å². The lowest BCUT2D eigenvalue weighted by atomic mass is 10.2. The lowest BCUT2D eigenvalue weighted by molar-refractivity contribution is 1.13. The van der Waals surface area contributed by atoms with Crippen molar-refractivity contribution in [1.82, 2.24) is 19.9 Å². The van der Waals surface area contributed by atoms with Crippen molar-refractivity contribution in [1.29, 1.82) is 0 Å².